The summed E-state index contributed by atoms with van der Waals surface area (Å²) < 4.78 is 5.44. The average Bonchev–Trinajstić information content (AvgIpc) is 3.23. The SMILES string of the molecule is CCOc1ccc(CN(C)C(=O)c2ccccc2C(=O)c2cccs2)cc1. The quantitative estimate of drug-likeness (QED) is 0.562. The lowest BCUT2D eigenvalue weighted by molar-refractivity contribution is 0.0780. The standard InChI is InChI=1S/C22H21NO3S/c1-3-26-17-12-10-16(11-13-17)15-23(2)22(25)19-8-5-4-7-18(19)21(24)20-9-6-14-27-20/h4-14H,3,15H2,1-2H3. The summed E-state index contributed by atoms with van der Waals surface area (Å²) in [4.78, 5) is 28.0. The Hall–Kier alpha value is -2.92. The van der Waals surface area contributed by atoms with Crippen LogP contribution in [0.25, 0.3) is 0 Å². The van der Waals surface area contributed by atoms with Gasteiger partial charge in [-0.25, -0.2) is 0 Å². The third-order valence-electron chi connectivity index (χ3n) is 4.15. The number of carbonyl (C=O) groups excluding carboxylic acids is 2. The van der Waals surface area contributed by atoms with Crippen LogP contribution >= 0.6 is 11.3 Å². The molecule has 5 heteroatoms. The van der Waals surface area contributed by atoms with E-state index in [2.05, 4.69) is 0 Å². The summed E-state index contributed by atoms with van der Waals surface area (Å²) >= 11 is 1.38. The Morgan fingerprint density at radius 3 is 2.30 bits per heavy atom. The van der Waals surface area contributed by atoms with Gasteiger partial charge >= 0.3 is 0 Å². The van der Waals surface area contributed by atoms with E-state index < -0.39 is 0 Å². The Balaban J connectivity index is 1.78. The highest BCUT2D eigenvalue weighted by Crippen LogP contribution is 2.20. The van der Waals surface area contributed by atoms with Crippen LogP contribution in [0.4, 0.5) is 0 Å². The smallest absolute Gasteiger partial charge is 0.254 e. The first-order chi connectivity index (χ1) is 13.1. The molecule has 0 saturated carbocycles. The number of nitrogens with zero attached hydrogens (tertiary/aromatic N) is 1. The first-order valence-electron chi connectivity index (χ1n) is 8.74. The van der Waals surface area contributed by atoms with Crippen molar-refractivity contribution in [3.05, 3.63) is 87.6 Å². The lowest BCUT2D eigenvalue weighted by Crippen LogP contribution is -2.27. The van der Waals surface area contributed by atoms with Crippen LogP contribution in [0.3, 0.4) is 0 Å². The fraction of sp³-hybridized carbons (Fsp3) is 0.182. The molecule has 0 aliphatic rings. The fourth-order valence-corrected chi connectivity index (χ4v) is 3.50. The van der Waals surface area contributed by atoms with Crippen LogP contribution in [0.15, 0.2) is 66.0 Å². The van der Waals surface area contributed by atoms with Crippen molar-refractivity contribution in [3.8, 4) is 5.75 Å². The zero-order valence-electron chi connectivity index (χ0n) is 15.3. The van der Waals surface area contributed by atoms with E-state index in [1.807, 2.05) is 42.6 Å². The van der Waals surface area contributed by atoms with Gasteiger partial charge in [-0.05, 0) is 42.1 Å². The zero-order valence-corrected chi connectivity index (χ0v) is 16.2. The van der Waals surface area contributed by atoms with Crippen LogP contribution in [0.1, 0.15) is 38.1 Å². The van der Waals surface area contributed by atoms with Gasteiger partial charge in [-0.1, -0.05) is 36.4 Å². The summed E-state index contributed by atoms with van der Waals surface area (Å²) in [5.41, 5.74) is 1.85. The molecular formula is C22H21NO3S. The van der Waals surface area contributed by atoms with Crippen LogP contribution in [0, 0.1) is 0 Å². The minimum Gasteiger partial charge on any atom is -0.494 e. The van der Waals surface area contributed by atoms with Crippen molar-refractivity contribution in [2.24, 2.45) is 0 Å². The summed E-state index contributed by atoms with van der Waals surface area (Å²) in [6, 6.07) is 18.3. The van der Waals surface area contributed by atoms with Gasteiger partial charge in [-0.2, -0.15) is 0 Å². The maximum Gasteiger partial charge on any atom is 0.254 e. The van der Waals surface area contributed by atoms with E-state index in [1.165, 1.54) is 11.3 Å². The summed E-state index contributed by atoms with van der Waals surface area (Å²) in [6.45, 7) is 3.01. The zero-order chi connectivity index (χ0) is 19.2. The van der Waals surface area contributed by atoms with Gasteiger partial charge in [0.25, 0.3) is 5.91 Å². The van der Waals surface area contributed by atoms with Crippen LogP contribution in [-0.2, 0) is 6.54 Å². The number of rotatable bonds is 7. The Morgan fingerprint density at radius 2 is 1.67 bits per heavy atom. The van der Waals surface area contributed by atoms with Gasteiger partial charge in [0.2, 0.25) is 5.78 Å². The molecule has 0 saturated heterocycles. The highest BCUT2D eigenvalue weighted by Gasteiger charge is 2.21. The van der Waals surface area contributed by atoms with Crippen LogP contribution in [0.5, 0.6) is 5.75 Å². The van der Waals surface area contributed by atoms with Crippen molar-refractivity contribution in [1.29, 1.82) is 0 Å². The molecule has 3 rings (SSSR count). The number of thiophene rings is 1. The Kier molecular flexibility index (Phi) is 6.04. The van der Waals surface area contributed by atoms with E-state index in [0.29, 0.717) is 29.2 Å². The molecule has 138 valence electrons. The van der Waals surface area contributed by atoms with Crippen LogP contribution in [0.2, 0.25) is 0 Å². The molecule has 0 atom stereocenters. The molecule has 0 spiro atoms. The minimum atomic E-state index is -0.176. The second-order valence-electron chi connectivity index (χ2n) is 6.09. The van der Waals surface area contributed by atoms with Crippen LogP contribution in [-0.4, -0.2) is 30.2 Å². The Labute approximate surface area is 163 Å². The molecular weight excluding hydrogens is 358 g/mol. The topological polar surface area (TPSA) is 46.6 Å². The first kappa shape index (κ1) is 18.9. The molecule has 0 unspecified atom stereocenters. The molecule has 2 aromatic carbocycles. The lowest BCUT2D eigenvalue weighted by Gasteiger charge is -2.19. The van der Waals surface area contributed by atoms with E-state index in [0.717, 1.165) is 11.3 Å². The molecule has 0 fully saturated rings. The van der Waals surface area contributed by atoms with E-state index in [-0.39, 0.29) is 11.7 Å². The predicted octanol–water partition coefficient (Wildman–Crippen LogP) is 4.65. The van der Waals surface area contributed by atoms with Crippen molar-refractivity contribution in [2.75, 3.05) is 13.7 Å². The Bertz CT molecular complexity index is 917. The summed E-state index contributed by atoms with van der Waals surface area (Å²) in [7, 11) is 1.74. The number of hydrogen-bond donors (Lipinski definition) is 0. The monoisotopic (exact) mass is 379 g/mol. The molecule has 0 aliphatic heterocycles. The molecule has 0 aliphatic carbocycles. The fourth-order valence-electron chi connectivity index (χ4n) is 2.82. The molecule has 0 bridgehead atoms. The lowest BCUT2D eigenvalue weighted by atomic mass is 10.0. The van der Waals surface area contributed by atoms with Gasteiger partial charge < -0.3 is 9.64 Å². The third-order valence-corrected chi connectivity index (χ3v) is 5.02. The van der Waals surface area contributed by atoms with Crippen molar-refractivity contribution in [2.45, 2.75) is 13.5 Å². The average molecular weight is 379 g/mol. The number of carbonyl (C=O) groups is 2. The molecule has 1 heterocycles. The van der Waals surface area contributed by atoms with Gasteiger partial charge in [0.1, 0.15) is 5.75 Å². The molecule has 0 radical (unpaired) electrons. The molecule has 27 heavy (non-hydrogen) atoms. The second-order valence-corrected chi connectivity index (χ2v) is 7.04. The summed E-state index contributed by atoms with van der Waals surface area (Å²) in [5, 5.41) is 1.86. The maximum absolute atomic E-state index is 13.0. The van der Waals surface area contributed by atoms with Gasteiger partial charge in [0, 0.05) is 19.2 Å². The first-order valence-corrected chi connectivity index (χ1v) is 9.62. The summed E-state index contributed by atoms with van der Waals surface area (Å²) in [6.07, 6.45) is 0. The third kappa shape index (κ3) is 4.44. The number of ether oxygens (including phenoxy) is 1. The van der Waals surface area contributed by atoms with Gasteiger partial charge in [-0.3, -0.25) is 9.59 Å². The van der Waals surface area contributed by atoms with Crippen LogP contribution < -0.4 is 4.74 Å². The molecule has 1 aromatic heterocycles. The number of benzene rings is 2. The van der Waals surface area contributed by atoms with Gasteiger partial charge in [0.15, 0.2) is 0 Å². The highest BCUT2D eigenvalue weighted by atomic mass is 32.1. The second kappa shape index (κ2) is 8.64. The van der Waals surface area contributed by atoms with E-state index in [1.54, 1.807) is 42.3 Å². The van der Waals surface area contributed by atoms with Crippen molar-refractivity contribution in [3.63, 3.8) is 0 Å². The van der Waals surface area contributed by atoms with E-state index in [9.17, 15) is 9.59 Å². The molecule has 0 N–H and O–H groups in total. The number of hydrogen-bond acceptors (Lipinski definition) is 4. The molecule has 4 nitrogen and oxygen atoms in total. The van der Waals surface area contributed by atoms with Gasteiger partial charge in [0.05, 0.1) is 17.0 Å². The van der Waals surface area contributed by atoms with E-state index in [4.69, 9.17) is 4.74 Å². The number of amides is 1. The van der Waals surface area contributed by atoms with Crippen molar-refractivity contribution >= 4 is 23.0 Å². The minimum absolute atomic E-state index is 0.122. The largest absolute Gasteiger partial charge is 0.494 e. The summed E-state index contributed by atoms with van der Waals surface area (Å²) in [5.74, 6) is 0.509. The van der Waals surface area contributed by atoms with Crippen molar-refractivity contribution < 1.29 is 14.3 Å². The van der Waals surface area contributed by atoms with E-state index >= 15 is 0 Å². The molecule has 3 aromatic rings. The number of ketones is 1. The highest BCUT2D eigenvalue weighted by molar-refractivity contribution is 7.12. The normalized spacial score (nSPS) is 10.4. The molecule has 1 amide bonds. The maximum atomic E-state index is 13.0. The van der Waals surface area contributed by atoms with Crippen molar-refractivity contribution in [1.82, 2.24) is 4.90 Å². The van der Waals surface area contributed by atoms with Gasteiger partial charge in [-0.15, -0.1) is 11.3 Å². The predicted molar refractivity (Wildman–Crippen MR) is 108 cm³/mol. The Morgan fingerprint density at radius 1 is 0.963 bits per heavy atom.